The van der Waals surface area contributed by atoms with Crippen LogP contribution in [0.5, 0.6) is 0 Å². The highest BCUT2D eigenvalue weighted by Gasteiger charge is 2.18. The zero-order valence-corrected chi connectivity index (χ0v) is 13.9. The molecule has 8 heteroatoms. The molecule has 2 aromatic carbocycles. The summed E-state index contributed by atoms with van der Waals surface area (Å²) in [5, 5.41) is 6.63. The highest BCUT2D eigenvalue weighted by Crippen LogP contribution is 2.24. The summed E-state index contributed by atoms with van der Waals surface area (Å²) in [7, 11) is 0. The number of nitrogens with one attached hydrogen (secondary N) is 1. The number of aromatic nitrogens is 3. The Morgan fingerprint density at radius 3 is 2.74 bits per heavy atom. The lowest BCUT2D eigenvalue weighted by molar-refractivity contribution is -0.116. The number of nitrogens with zero attached hydrogens (tertiary/aromatic N) is 3. The van der Waals surface area contributed by atoms with E-state index in [4.69, 9.17) is 4.52 Å². The van der Waals surface area contributed by atoms with Crippen LogP contribution in [0.25, 0.3) is 22.4 Å². The third-order valence-electron chi connectivity index (χ3n) is 3.93. The van der Waals surface area contributed by atoms with Crippen molar-refractivity contribution in [3.05, 3.63) is 77.1 Å². The van der Waals surface area contributed by atoms with E-state index in [9.17, 15) is 14.0 Å². The number of hydrogen-bond acceptors (Lipinski definition) is 5. The summed E-state index contributed by atoms with van der Waals surface area (Å²) < 4.78 is 19.7. The molecule has 27 heavy (non-hydrogen) atoms. The zero-order valence-electron chi connectivity index (χ0n) is 13.9. The molecule has 0 bridgehead atoms. The minimum atomic E-state index is -0.497. The quantitative estimate of drug-likeness (QED) is 0.601. The first-order chi connectivity index (χ1) is 13.1. The minimum Gasteiger partial charge on any atom is -0.335 e. The van der Waals surface area contributed by atoms with Crippen LogP contribution in [0.4, 0.5) is 10.1 Å². The number of rotatable bonds is 4. The molecule has 7 nitrogen and oxygen atoms in total. The highest BCUT2D eigenvalue weighted by atomic mass is 19.1. The molecule has 0 aliphatic heterocycles. The van der Waals surface area contributed by atoms with E-state index in [0.717, 1.165) is 4.57 Å². The van der Waals surface area contributed by atoms with E-state index < -0.39 is 11.4 Å². The van der Waals surface area contributed by atoms with Crippen LogP contribution in [0.15, 0.2) is 70.2 Å². The molecule has 0 aliphatic rings. The minimum absolute atomic E-state index is 0.0268. The number of anilines is 1. The Labute approximate surface area is 152 Å². The Morgan fingerprint density at radius 1 is 1.15 bits per heavy atom. The van der Waals surface area contributed by atoms with Crippen LogP contribution in [0, 0.1) is 5.82 Å². The van der Waals surface area contributed by atoms with E-state index >= 15 is 0 Å². The second-order valence-corrected chi connectivity index (χ2v) is 5.81. The summed E-state index contributed by atoms with van der Waals surface area (Å²) in [4.78, 5) is 29.1. The van der Waals surface area contributed by atoms with Gasteiger partial charge in [0, 0.05) is 11.3 Å². The molecule has 0 fully saturated rings. The van der Waals surface area contributed by atoms with E-state index in [2.05, 4.69) is 15.5 Å². The molecule has 0 saturated heterocycles. The van der Waals surface area contributed by atoms with Gasteiger partial charge >= 0.3 is 0 Å². The molecule has 0 aliphatic carbocycles. The van der Waals surface area contributed by atoms with E-state index in [1.807, 2.05) is 6.07 Å². The van der Waals surface area contributed by atoms with Gasteiger partial charge in [-0.1, -0.05) is 35.5 Å². The third-order valence-corrected chi connectivity index (χ3v) is 3.93. The van der Waals surface area contributed by atoms with Crippen LogP contribution in [0.2, 0.25) is 0 Å². The molecule has 2 aromatic heterocycles. The van der Waals surface area contributed by atoms with Gasteiger partial charge in [0.05, 0.1) is 0 Å². The maximum Gasteiger partial charge on any atom is 0.267 e. The van der Waals surface area contributed by atoms with Gasteiger partial charge in [0.1, 0.15) is 29.8 Å². The SMILES string of the molecule is O=C(Cn1cnc2onc(-c3cccc(F)c3)c2c1=O)Nc1ccccc1. The number of para-hydroxylation sites is 1. The van der Waals surface area contributed by atoms with Crippen molar-refractivity contribution in [1.82, 2.24) is 14.7 Å². The number of fused-ring (bicyclic) bond motifs is 1. The number of carbonyl (C=O) groups excluding carboxylic acids is 1. The number of carbonyl (C=O) groups is 1. The predicted molar refractivity (Wildman–Crippen MR) is 96.5 cm³/mol. The van der Waals surface area contributed by atoms with Crippen LogP contribution in [0.1, 0.15) is 0 Å². The molecule has 134 valence electrons. The molecule has 0 spiro atoms. The van der Waals surface area contributed by atoms with Crippen molar-refractivity contribution in [2.24, 2.45) is 0 Å². The Bertz CT molecular complexity index is 1180. The monoisotopic (exact) mass is 364 g/mol. The summed E-state index contributed by atoms with van der Waals surface area (Å²) in [5.41, 5.74) is 0.719. The van der Waals surface area contributed by atoms with E-state index in [1.165, 1.54) is 24.5 Å². The van der Waals surface area contributed by atoms with Gasteiger partial charge in [-0.25, -0.2) is 9.37 Å². The van der Waals surface area contributed by atoms with Crippen molar-refractivity contribution >= 4 is 22.7 Å². The summed E-state index contributed by atoms with van der Waals surface area (Å²) in [6.07, 6.45) is 1.22. The number of amides is 1. The smallest absolute Gasteiger partial charge is 0.267 e. The molecular formula is C19H13FN4O3. The molecule has 1 amide bonds. The van der Waals surface area contributed by atoms with E-state index in [-0.39, 0.29) is 29.2 Å². The van der Waals surface area contributed by atoms with Crippen molar-refractivity contribution in [3.63, 3.8) is 0 Å². The van der Waals surface area contributed by atoms with Crippen molar-refractivity contribution < 1.29 is 13.7 Å². The molecule has 0 unspecified atom stereocenters. The van der Waals surface area contributed by atoms with Crippen LogP contribution >= 0.6 is 0 Å². The van der Waals surface area contributed by atoms with Crippen molar-refractivity contribution in [1.29, 1.82) is 0 Å². The molecule has 4 aromatic rings. The lowest BCUT2D eigenvalue weighted by Crippen LogP contribution is -2.27. The largest absolute Gasteiger partial charge is 0.335 e. The van der Waals surface area contributed by atoms with Crippen LogP contribution < -0.4 is 10.9 Å². The second-order valence-electron chi connectivity index (χ2n) is 5.81. The van der Waals surface area contributed by atoms with Gasteiger partial charge in [-0.3, -0.25) is 14.2 Å². The Kier molecular flexibility index (Phi) is 4.21. The van der Waals surface area contributed by atoms with E-state index in [1.54, 1.807) is 30.3 Å². The van der Waals surface area contributed by atoms with Gasteiger partial charge in [0.25, 0.3) is 11.3 Å². The average Bonchev–Trinajstić information content (AvgIpc) is 3.10. The summed E-state index contributed by atoms with van der Waals surface area (Å²) >= 11 is 0. The van der Waals surface area contributed by atoms with Crippen LogP contribution in [-0.4, -0.2) is 20.6 Å². The lowest BCUT2D eigenvalue weighted by Gasteiger charge is -2.07. The second kappa shape index (κ2) is 6.83. The van der Waals surface area contributed by atoms with Gasteiger partial charge in [-0.15, -0.1) is 0 Å². The fourth-order valence-corrected chi connectivity index (χ4v) is 2.70. The maximum atomic E-state index is 13.5. The number of hydrogen-bond donors (Lipinski definition) is 1. The van der Waals surface area contributed by atoms with Crippen molar-refractivity contribution in [2.75, 3.05) is 5.32 Å². The number of benzene rings is 2. The van der Waals surface area contributed by atoms with Crippen molar-refractivity contribution in [2.45, 2.75) is 6.54 Å². The normalized spacial score (nSPS) is 10.9. The highest BCUT2D eigenvalue weighted by molar-refractivity contribution is 5.91. The van der Waals surface area contributed by atoms with Crippen LogP contribution in [0.3, 0.4) is 0 Å². The van der Waals surface area contributed by atoms with Crippen LogP contribution in [-0.2, 0) is 11.3 Å². The summed E-state index contributed by atoms with van der Waals surface area (Å²) in [6.45, 7) is -0.232. The Morgan fingerprint density at radius 2 is 1.96 bits per heavy atom. The lowest BCUT2D eigenvalue weighted by atomic mass is 10.1. The molecule has 0 radical (unpaired) electrons. The van der Waals surface area contributed by atoms with Gasteiger partial charge < -0.3 is 9.84 Å². The average molecular weight is 364 g/mol. The molecule has 0 atom stereocenters. The molecule has 1 N–H and O–H groups in total. The Balaban J connectivity index is 1.69. The summed E-state index contributed by atoms with van der Waals surface area (Å²) in [5.74, 6) is -0.844. The first-order valence-corrected chi connectivity index (χ1v) is 8.07. The van der Waals surface area contributed by atoms with Gasteiger partial charge in [-0.05, 0) is 24.3 Å². The molecule has 2 heterocycles. The first kappa shape index (κ1) is 16.6. The predicted octanol–water partition coefficient (Wildman–Crippen LogP) is 2.83. The van der Waals surface area contributed by atoms with Crippen molar-refractivity contribution in [3.8, 4) is 11.3 Å². The number of halogens is 1. The van der Waals surface area contributed by atoms with E-state index in [0.29, 0.717) is 11.3 Å². The standard InChI is InChI=1S/C19H13FN4O3/c20-13-6-4-5-12(9-13)17-16-18(27-23-17)21-11-24(19(16)26)10-15(25)22-14-7-2-1-3-8-14/h1-9,11H,10H2,(H,22,25). The third kappa shape index (κ3) is 3.32. The summed E-state index contributed by atoms with van der Waals surface area (Å²) in [6, 6.07) is 14.5. The molecular weight excluding hydrogens is 351 g/mol. The first-order valence-electron chi connectivity index (χ1n) is 8.07. The Hall–Kier alpha value is -3.81. The fraction of sp³-hybridized carbons (Fsp3) is 0.0526. The fourth-order valence-electron chi connectivity index (χ4n) is 2.70. The maximum absolute atomic E-state index is 13.5. The topological polar surface area (TPSA) is 90.0 Å². The zero-order chi connectivity index (χ0) is 18.8. The molecule has 0 saturated carbocycles. The molecule has 4 rings (SSSR count). The van der Waals surface area contributed by atoms with Gasteiger partial charge in [-0.2, -0.15) is 0 Å². The van der Waals surface area contributed by atoms with Gasteiger partial charge in [0.15, 0.2) is 0 Å². The van der Waals surface area contributed by atoms with Gasteiger partial charge in [0.2, 0.25) is 5.91 Å².